The Morgan fingerprint density at radius 2 is 2.21 bits per heavy atom. The molecule has 0 bridgehead atoms. The van der Waals surface area contributed by atoms with Gasteiger partial charge in [0.1, 0.15) is 5.69 Å². The fourth-order valence-electron chi connectivity index (χ4n) is 1.20. The van der Waals surface area contributed by atoms with Crippen molar-refractivity contribution in [3.05, 3.63) is 21.9 Å². The lowest BCUT2D eigenvalue weighted by atomic mass is 10.2. The van der Waals surface area contributed by atoms with E-state index >= 15 is 0 Å². The standard InChI is InChI=1S/C9H6F3N3O4/c1-18-7-4-6(15(16)17)5(2-3-13)14-8(7)19-9(10,11)12/h4H,2H2,1H3. The van der Waals surface area contributed by atoms with Crippen molar-refractivity contribution in [3.8, 4) is 17.7 Å². The Kier molecular flexibility index (Phi) is 4.11. The first-order valence-corrected chi connectivity index (χ1v) is 4.63. The van der Waals surface area contributed by atoms with Gasteiger partial charge in [0.2, 0.25) is 0 Å². The van der Waals surface area contributed by atoms with E-state index in [-0.39, 0.29) is 0 Å². The fraction of sp³-hybridized carbons (Fsp3) is 0.333. The van der Waals surface area contributed by atoms with Crippen LogP contribution in [-0.4, -0.2) is 23.4 Å². The topological polar surface area (TPSA) is 98.3 Å². The Morgan fingerprint density at radius 1 is 1.58 bits per heavy atom. The van der Waals surface area contributed by atoms with Crippen LogP contribution in [0.4, 0.5) is 18.9 Å². The molecule has 0 aliphatic heterocycles. The van der Waals surface area contributed by atoms with E-state index in [1.54, 1.807) is 6.07 Å². The van der Waals surface area contributed by atoms with Crippen molar-refractivity contribution in [1.82, 2.24) is 4.98 Å². The molecule has 1 aromatic heterocycles. The fourth-order valence-corrected chi connectivity index (χ4v) is 1.20. The summed E-state index contributed by atoms with van der Waals surface area (Å²) in [7, 11) is 1.01. The highest BCUT2D eigenvalue weighted by Crippen LogP contribution is 2.34. The Morgan fingerprint density at radius 3 is 2.63 bits per heavy atom. The van der Waals surface area contributed by atoms with Gasteiger partial charge in [-0.3, -0.25) is 10.1 Å². The van der Waals surface area contributed by atoms with Gasteiger partial charge in [0.25, 0.3) is 11.6 Å². The second-order valence-corrected chi connectivity index (χ2v) is 3.10. The number of hydrogen-bond donors (Lipinski definition) is 0. The summed E-state index contributed by atoms with van der Waals surface area (Å²) in [6.45, 7) is 0. The lowest BCUT2D eigenvalue weighted by Crippen LogP contribution is -2.19. The summed E-state index contributed by atoms with van der Waals surface area (Å²) in [6.07, 6.45) is -5.56. The third kappa shape index (κ3) is 3.70. The molecule has 0 amide bonds. The molecule has 1 heterocycles. The van der Waals surface area contributed by atoms with E-state index in [1.807, 2.05) is 0 Å². The lowest BCUT2D eigenvalue weighted by molar-refractivity contribution is -0.386. The summed E-state index contributed by atoms with van der Waals surface area (Å²) in [5.74, 6) is -1.53. The molecule has 0 aromatic carbocycles. The average Bonchev–Trinajstić information content (AvgIpc) is 2.27. The van der Waals surface area contributed by atoms with Gasteiger partial charge in [-0.1, -0.05) is 0 Å². The normalized spacial score (nSPS) is 10.7. The van der Waals surface area contributed by atoms with Crippen molar-refractivity contribution in [1.29, 1.82) is 5.26 Å². The molecule has 1 aromatic rings. The van der Waals surface area contributed by atoms with E-state index in [1.165, 1.54) is 0 Å². The number of alkyl halides is 3. The predicted octanol–water partition coefficient (Wildman–Crippen LogP) is 1.96. The van der Waals surface area contributed by atoms with Gasteiger partial charge in [0, 0.05) is 0 Å². The molecule has 0 saturated heterocycles. The molecule has 0 aliphatic carbocycles. The molecular formula is C9H6F3N3O4. The van der Waals surface area contributed by atoms with Crippen molar-refractivity contribution in [3.63, 3.8) is 0 Å². The smallest absolute Gasteiger partial charge is 0.491 e. The molecule has 0 N–H and O–H groups in total. The predicted molar refractivity (Wildman–Crippen MR) is 53.4 cm³/mol. The molecule has 0 saturated carbocycles. The van der Waals surface area contributed by atoms with Crippen molar-refractivity contribution in [2.24, 2.45) is 0 Å². The van der Waals surface area contributed by atoms with E-state index in [0.717, 1.165) is 13.2 Å². The van der Waals surface area contributed by atoms with Crippen LogP contribution in [0.3, 0.4) is 0 Å². The van der Waals surface area contributed by atoms with Gasteiger partial charge in [-0.05, 0) is 0 Å². The monoisotopic (exact) mass is 277 g/mol. The van der Waals surface area contributed by atoms with E-state index in [9.17, 15) is 23.3 Å². The minimum atomic E-state index is -5.03. The van der Waals surface area contributed by atoms with Crippen LogP contribution in [0.5, 0.6) is 11.6 Å². The molecule has 102 valence electrons. The summed E-state index contributed by atoms with van der Waals surface area (Å²) in [5.41, 5.74) is -1.06. The summed E-state index contributed by atoms with van der Waals surface area (Å²) < 4.78 is 44.5. The average molecular weight is 277 g/mol. The molecular weight excluding hydrogens is 271 g/mol. The van der Waals surface area contributed by atoms with Crippen molar-refractivity contribution in [2.45, 2.75) is 12.8 Å². The molecule has 0 fully saturated rings. The first-order chi connectivity index (χ1) is 8.78. The SMILES string of the molecule is COc1cc([N+](=O)[O-])c(CC#N)nc1OC(F)(F)F. The zero-order valence-electron chi connectivity index (χ0n) is 9.39. The highest BCUT2D eigenvalue weighted by Gasteiger charge is 2.34. The number of nitro groups is 1. The van der Waals surface area contributed by atoms with Crippen LogP contribution in [0, 0.1) is 21.4 Å². The highest BCUT2D eigenvalue weighted by atomic mass is 19.4. The molecule has 0 atom stereocenters. The first-order valence-electron chi connectivity index (χ1n) is 4.63. The van der Waals surface area contributed by atoms with Crippen LogP contribution in [0.25, 0.3) is 0 Å². The molecule has 1 rings (SSSR count). The summed E-state index contributed by atoms with van der Waals surface area (Å²) >= 11 is 0. The molecule has 0 aliphatic rings. The molecule has 0 radical (unpaired) electrons. The van der Waals surface area contributed by atoms with Crippen LogP contribution >= 0.6 is 0 Å². The second kappa shape index (κ2) is 5.38. The highest BCUT2D eigenvalue weighted by molar-refractivity contribution is 5.48. The van der Waals surface area contributed by atoms with E-state index in [0.29, 0.717) is 0 Å². The number of ether oxygens (including phenoxy) is 2. The Labute approximate surface area is 104 Å². The van der Waals surface area contributed by atoms with Gasteiger partial charge in [0.15, 0.2) is 5.75 Å². The molecule has 0 unspecified atom stereocenters. The summed E-state index contributed by atoms with van der Waals surface area (Å²) in [5, 5.41) is 19.2. The largest absolute Gasteiger partial charge is 0.574 e. The number of rotatable bonds is 4. The second-order valence-electron chi connectivity index (χ2n) is 3.10. The number of hydrogen-bond acceptors (Lipinski definition) is 6. The maximum atomic E-state index is 12.1. The minimum absolute atomic E-state index is 0.437. The van der Waals surface area contributed by atoms with Crippen molar-refractivity contribution < 1.29 is 27.6 Å². The van der Waals surface area contributed by atoms with Crippen LogP contribution in [0.1, 0.15) is 5.69 Å². The van der Waals surface area contributed by atoms with E-state index in [2.05, 4.69) is 14.5 Å². The van der Waals surface area contributed by atoms with Crippen LogP contribution in [0.2, 0.25) is 0 Å². The molecule has 7 nitrogen and oxygen atoms in total. The van der Waals surface area contributed by atoms with Crippen LogP contribution in [-0.2, 0) is 6.42 Å². The van der Waals surface area contributed by atoms with Crippen molar-refractivity contribution in [2.75, 3.05) is 7.11 Å². The number of pyridine rings is 1. The van der Waals surface area contributed by atoms with E-state index < -0.39 is 40.7 Å². The zero-order chi connectivity index (χ0) is 14.6. The quantitative estimate of drug-likeness (QED) is 0.616. The van der Waals surface area contributed by atoms with Gasteiger partial charge in [-0.2, -0.15) is 5.26 Å². The molecule has 19 heavy (non-hydrogen) atoms. The Balaban J connectivity index is 3.36. The van der Waals surface area contributed by atoms with Gasteiger partial charge < -0.3 is 9.47 Å². The van der Waals surface area contributed by atoms with Gasteiger partial charge in [-0.25, -0.2) is 4.98 Å². The van der Waals surface area contributed by atoms with Crippen LogP contribution < -0.4 is 9.47 Å². The Bertz CT molecular complexity index is 539. The number of nitrogens with zero attached hydrogens (tertiary/aromatic N) is 3. The molecule has 10 heteroatoms. The van der Waals surface area contributed by atoms with Crippen LogP contribution in [0.15, 0.2) is 6.07 Å². The Hall–Kier alpha value is -2.57. The minimum Gasteiger partial charge on any atom is -0.491 e. The number of halogens is 3. The lowest BCUT2D eigenvalue weighted by Gasteiger charge is -2.12. The van der Waals surface area contributed by atoms with Crippen molar-refractivity contribution >= 4 is 5.69 Å². The van der Waals surface area contributed by atoms with Gasteiger partial charge in [0.05, 0.1) is 30.6 Å². The molecule has 0 spiro atoms. The third-order valence-electron chi connectivity index (χ3n) is 1.89. The third-order valence-corrected chi connectivity index (χ3v) is 1.89. The summed E-state index contributed by atoms with van der Waals surface area (Å²) in [6, 6.07) is 2.29. The number of aromatic nitrogens is 1. The maximum absolute atomic E-state index is 12.1. The van der Waals surface area contributed by atoms with Gasteiger partial charge >= 0.3 is 6.36 Å². The number of methoxy groups -OCH3 is 1. The van der Waals surface area contributed by atoms with Gasteiger partial charge in [-0.15, -0.1) is 13.2 Å². The summed E-state index contributed by atoms with van der Waals surface area (Å²) in [4.78, 5) is 13.1. The maximum Gasteiger partial charge on any atom is 0.574 e. The first kappa shape index (κ1) is 14.5. The number of nitriles is 1. The van der Waals surface area contributed by atoms with E-state index in [4.69, 9.17) is 5.26 Å². The zero-order valence-corrected chi connectivity index (χ0v) is 9.39.